The first-order valence-corrected chi connectivity index (χ1v) is 12.0. The van der Waals surface area contributed by atoms with Crippen molar-refractivity contribution in [1.29, 1.82) is 0 Å². The topological polar surface area (TPSA) is 35.5 Å². The Morgan fingerprint density at radius 3 is 2.16 bits per heavy atom. The molecule has 0 saturated carbocycles. The highest BCUT2D eigenvalue weighted by molar-refractivity contribution is 7.99. The van der Waals surface area contributed by atoms with Crippen molar-refractivity contribution in [3.05, 3.63) is 109 Å². The minimum atomic E-state index is -0.266. The van der Waals surface area contributed by atoms with Crippen LogP contribution in [0.25, 0.3) is 0 Å². The fourth-order valence-electron chi connectivity index (χ4n) is 2.68. The molecule has 0 aliphatic carbocycles. The Labute approximate surface area is 196 Å². The Morgan fingerprint density at radius 1 is 0.812 bits per heavy atom. The Morgan fingerprint density at radius 2 is 1.47 bits per heavy atom. The average molecular weight is 449 g/mol. The monoisotopic (exact) mass is 448 g/mol. The fraction of sp³-hybridized carbons (Fsp3) is 0.250. The van der Waals surface area contributed by atoms with Crippen molar-refractivity contribution in [1.82, 2.24) is 0 Å². The van der Waals surface area contributed by atoms with E-state index in [4.69, 9.17) is 9.47 Å². The normalized spacial score (nSPS) is 11.8. The molecule has 0 aliphatic rings. The third kappa shape index (κ3) is 11.4. The van der Waals surface area contributed by atoms with Crippen LogP contribution in [0.3, 0.4) is 0 Å². The molecule has 2 rings (SSSR count). The van der Waals surface area contributed by atoms with Gasteiger partial charge in [0.1, 0.15) is 12.4 Å². The van der Waals surface area contributed by atoms with Crippen molar-refractivity contribution in [3.8, 4) is 5.75 Å². The summed E-state index contributed by atoms with van der Waals surface area (Å²) in [7, 11) is 0. The SMILES string of the molecule is CCOC(=O)c1cccc(SC/C=C\C/C=C\C/C=C\C/C=C\COc2ccccc2)c1. The van der Waals surface area contributed by atoms with Gasteiger partial charge in [0.25, 0.3) is 0 Å². The molecule has 2 aromatic carbocycles. The lowest BCUT2D eigenvalue weighted by atomic mass is 10.2. The van der Waals surface area contributed by atoms with Gasteiger partial charge in [0.05, 0.1) is 12.2 Å². The molecule has 0 aliphatic heterocycles. The van der Waals surface area contributed by atoms with Gasteiger partial charge in [-0.2, -0.15) is 0 Å². The maximum absolute atomic E-state index is 11.8. The Balaban J connectivity index is 1.51. The number of hydrogen-bond acceptors (Lipinski definition) is 4. The molecule has 0 fully saturated rings. The molecule has 0 amide bonds. The standard InChI is InChI=1S/C28H32O3S/c1-2-30-28(29)25-18-17-21-27(24-25)32-23-16-11-9-7-5-3-4-6-8-10-15-22-31-26-19-13-12-14-20-26/h4-7,10-21,24H,2-3,8-9,22-23H2,1H3/b6-4-,7-5-,15-10-,16-11-. The first kappa shape index (κ1) is 25.3. The summed E-state index contributed by atoms with van der Waals surface area (Å²) >= 11 is 1.71. The smallest absolute Gasteiger partial charge is 0.338 e. The van der Waals surface area contributed by atoms with E-state index >= 15 is 0 Å². The van der Waals surface area contributed by atoms with Crippen molar-refractivity contribution in [3.63, 3.8) is 0 Å². The molecule has 4 heteroatoms. The number of carbonyl (C=O) groups excluding carboxylic acids is 1. The van der Waals surface area contributed by atoms with E-state index in [0.29, 0.717) is 18.8 Å². The molecule has 0 unspecified atom stereocenters. The summed E-state index contributed by atoms with van der Waals surface area (Å²) in [6.45, 7) is 2.80. The summed E-state index contributed by atoms with van der Waals surface area (Å²) in [5, 5.41) is 0. The van der Waals surface area contributed by atoms with Crippen LogP contribution in [-0.2, 0) is 4.74 Å². The van der Waals surface area contributed by atoms with Crippen LogP contribution in [0.2, 0.25) is 0 Å². The third-order valence-electron chi connectivity index (χ3n) is 4.26. The van der Waals surface area contributed by atoms with Gasteiger partial charge in [-0.15, -0.1) is 11.8 Å². The quantitative estimate of drug-likeness (QED) is 0.171. The van der Waals surface area contributed by atoms with Crippen LogP contribution in [0.4, 0.5) is 0 Å². The predicted octanol–water partition coefficient (Wildman–Crippen LogP) is 7.43. The largest absolute Gasteiger partial charge is 0.490 e. The van der Waals surface area contributed by atoms with Crippen molar-refractivity contribution in [2.45, 2.75) is 31.1 Å². The first-order valence-electron chi connectivity index (χ1n) is 11.0. The second-order valence-corrected chi connectivity index (χ2v) is 7.87. The fourth-order valence-corrected chi connectivity index (χ4v) is 3.49. The second kappa shape index (κ2) is 16.7. The molecule has 0 saturated heterocycles. The number of thioether (sulfide) groups is 1. The molecule has 0 heterocycles. The van der Waals surface area contributed by atoms with Gasteiger partial charge in [-0.3, -0.25) is 0 Å². The molecule has 0 radical (unpaired) electrons. The van der Waals surface area contributed by atoms with E-state index in [1.54, 1.807) is 17.8 Å². The average Bonchev–Trinajstić information content (AvgIpc) is 2.82. The molecule has 2 aromatic rings. The van der Waals surface area contributed by atoms with E-state index in [1.165, 1.54) is 0 Å². The van der Waals surface area contributed by atoms with Crippen molar-refractivity contribution in [2.24, 2.45) is 0 Å². The Hall–Kier alpha value is -2.98. The van der Waals surface area contributed by atoms with Gasteiger partial charge < -0.3 is 9.47 Å². The number of hydrogen-bond donors (Lipinski definition) is 0. The van der Waals surface area contributed by atoms with Crippen LogP contribution >= 0.6 is 11.8 Å². The van der Waals surface area contributed by atoms with Crippen LogP contribution in [0.15, 0.2) is 108 Å². The molecule has 0 spiro atoms. The first-order chi connectivity index (χ1) is 15.8. The number of allylic oxidation sites excluding steroid dienone is 6. The molecular weight excluding hydrogens is 416 g/mol. The molecule has 0 bridgehead atoms. The van der Waals surface area contributed by atoms with Gasteiger partial charge in [0, 0.05) is 10.6 Å². The van der Waals surface area contributed by atoms with Gasteiger partial charge in [0.15, 0.2) is 0 Å². The van der Waals surface area contributed by atoms with Crippen molar-refractivity contribution in [2.75, 3.05) is 19.0 Å². The maximum Gasteiger partial charge on any atom is 0.338 e. The van der Waals surface area contributed by atoms with Crippen molar-refractivity contribution >= 4 is 17.7 Å². The minimum Gasteiger partial charge on any atom is -0.490 e. The summed E-state index contributed by atoms with van der Waals surface area (Å²) in [5.41, 5.74) is 0.604. The number of benzene rings is 2. The van der Waals surface area contributed by atoms with E-state index in [-0.39, 0.29) is 5.97 Å². The van der Waals surface area contributed by atoms with Crippen LogP contribution < -0.4 is 4.74 Å². The van der Waals surface area contributed by atoms with Gasteiger partial charge >= 0.3 is 5.97 Å². The van der Waals surface area contributed by atoms with E-state index < -0.39 is 0 Å². The molecule has 32 heavy (non-hydrogen) atoms. The predicted molar refractivity (Wildman–Crippen MR) is 135 cm³/mol. The summed E-state index contributed by atoms with van der Waals surface area (Å²) in [5.74, 6) is 1.51. The summed E-state index contributed by atoms with van der Waals surface area (Å²) in [6.07, 6.45) is 20.0. The van der Waals surface area contributed by atoms with E-state index in [9.17, 15) is 4.79 Å². The number of para-hydroxylation sites is 1. The zero-order valence-corrected chi connectivity index (χ0v) is 19.5. The van der Waals surface area contributed by atoms with Gasteiger partial charge in [-0.05, 0) is 56.5 Å². The van der Waals surface area contributed by atoms with Gasteiger partial charge in [-0.25, -0.2) is 4.79 Å². The Bertz CT molecular complexity index is 898. The number of esters is 1. The van der Waals surface area contributed by atoms with E-state index in [2.05, 4.69) is 42.5 Å². The van der Waals surface area contributed by atoms with Gasteiger partial charge in [0.2, 0.25) is 0 Å². The molecular formula is C28H32O3S. The Kier molecular flexibility index (Phi) is 13.2. The molecule has 0 atom stereocenters. The summed E-state index contributed by atoms with van der Waals surface area (Å²) in [6, 6.07) is 17.4. The number of carbonyl (C=O) groups is 1. The lowest BCUT2D eigenvalue weighted by molar-refractivity contribution is 0.0526. The lowest BCUT2D eigenvalue weighted by Crippen LogP contribution is -2.04. The minimum absolute atomic E-state index is 0.266. The molecule has 0 N–H and O–H groups in total. The van der Waals surface area contributed by atoms with Crippen molar-refractivity contribution < 1.29 is 14.3 Å². The lowest BCUT2D eigenvalue weighted by Gasteiger charge is -2.03. The summed E-state index contributed by atoms with van der Waals surface area (Å²) < 4.78 is 10.6. The molecule has 3 nitrogen and oxygen atoms in total. The zero-order chi connectivity index (χ0) is 22.7. The van der Waals surface area contributed by atoms with Crippen LogP contribution in [0.5, 0.6) is 5.75 Å². The molecule has 168 valence electrons. The second-order valence-electron chi connectivity index (χ2n) is 6.78. The highest BCUT2D eigenvalue weighted by Gasteiger charge is 2.06. The van der Waals surface area contributed by atoms with Gasteiger partial charge in [-0.1, -0.05) is 72.9 Å². The zero-order valence-electron chi connectivity index (χ0n) is 18.7. The van der Waals surface area contributed by atoms with Crippen LogP contribution in [0, 0.1) is 0 Å². The number of rotatable bonds is 14. The molecule has 0 aromatic heterocycles. The highest BCUT2D eigenvalue weighted by Crippen LogP contribution is 2.19. The summed E-state index contributed by atoms with van der Waals surface area (Å²) in [4.78, 5) is 12.9. The maximum atomic E-state index is 11.8. The van der Waals surface area contributed by atoms with E-state index in [1.807, 2.05) is 61.5 Å². The third-order valence-corrected chi connectivity index (χ3v) is 5.21. The van der Waals surface area contributed by atoms with Crippen LogP contribution in [0.1, 0.15) is 36.5 Å². The van der Waals surface area contributed by atoms with E-state index in [0.717, 1.165) is 35.7 Å². The highest BCUT2D eigenvalue weighted by atomic mass is 32.2. The van der Waals surface area contributed by atoms with Crippen LogP contribution in [-0.4, -0.2) is 24.9 Å². The number of ether oxygens (including phenoxy) is 2.